The predicted molar refractivity (Wildman–Crippen MR) is 252 cm³/mol. The van der Waals surface area contributed by atoms with Gasteiger partial charge < -0.3 is 15.3 Å². The number of carbonyl (C=O) groups is 2. The van der Waals surface area contributed by atoms with Gasteiger partial charge in [0, 0.05) is 12.8 Å². The number of rotatable bonds is 47. The van der Waals surface area contributed by atoms with Gasteiger partial charge in [-0.1, -0.05) is 244 Å². The lowest BCUT2D eigenvalue weighted by molar-refractivity contribution is -0.173. The fourth-order valence-corrected chi connectivity index (χ4v) is 8.25. The van der Waals surface area contributed by atoms with Crippen LogP contribution in [0.5, 0.6) is 0 Å². The Bertz CT molecular complexity index is 899. The maximum absolute atomic E-state index is 13.6. The second kappa shape index (κ2) is 43.8. The van der Waals surface area contributed by atoms with E-state index >= 15 is 0 Å². The van der Waals surface area contributed by atoms with E-state index in [0.29, 0.717) is 19.3 Å². The molecule has 2 unspecified atom stereocenters. The van der Waals surface area contributed by atoms with Gasteiger partial charge in [0.15, 0.2) is 11.6 Å². The standard InChI is InChI=1S/C53H100O5/c1-4-7-10-13-16-19-22-25-26-27-30-31-34-37-40-43-46-49(54)52(57)53(58,50(55)47-44-41-38-35-32-28-23-20-17-14-11-8-5-2)51(56)48-45-42-39-36-33-29-24-21-18-15-12-9-6-3/h16,19,25-26,49,52,54,57-58H,4-15,17-18,20-24,27-48H2,1-3H3/b19-16-,26-25-. The van der Waals surface area contributed by atoms with E-state index in [9.17, 15) is 24.9 Å². The summed E-state index contributed by atoms with van der Waals surface area (Å²) >= 11 is 0. The van der Waals surface area contributed by atoms with Crippen molar-refractivity contribution in [1.29, 1.82) is 0 Å². The zero-order valence-corrected chi connectivity index (χ0v) is 39.1. The molecule has 0 spiro atoms. The molecular weight excluding hydrogens is 717 g/mol. The molecule has 0 aliphatic rings. The van der Waals surface area contributed by atoms with Crippen molar-refractivity contribution in [3.8, 4) is 0 Å². The van der Waals surface area contributed by atoms with Crippen LogP contribution in [-0.2, 0) is 9.59 Å². The smallest absolute Gasteiger partial charge is 0.209 e. The maximum Gasteiger partial charge on any atom is 0.209 e. The van der Waals surface area contributed by atoms with Gasteiger partial charge >= 0.3 is 0 Å². The van der Waals surface area contributed by atoms with Crippen LogP contribution in [0.4, 0.5) is 0 Å². The quantitative estimate of drug-likeness (QED) is 0.0323. The lowest BCUT2D eigenvalue weighted by Crippen LogP contribution is -2.60. The summed E-state index contributed by atoms with van der Waals surface area (Å²) < 4.78 is 0. The van der Waals surface area contributed by atoms with E-state index in [-0.39, 0.29) is 19.3 Å². The SMILES string of the molecule is CCCCC/C=C\C/C=C\CCCCCCCCC(O)C(O)C(O)(C(=O)CCCCCCCCCCCCCCC)C(=O)CCCCCCCCCCCCCCC. The van der Waals surface area contributed by atoms with Gasteiger partial charge in [-0.15, -0.1) is 0 Å². The van der Waals surface area contributed by atoms with Gasteiger partial charge in [0.2, 0.25) is 5.60 Å². The molecule has 0 aromatic rings. The highest BCUT2D eigenvalue weighted by Gasteiger charge is 2.51. The molecule has 0 aromatic heterocycles. The van der Waals surface area contributed by atoms with Crippen molar-refractivity contribution in [3.05, 3.63) is 24.3 Å². The number of Topliss-reactive ketones (excluding diaryl/α,β-unsaturated/α-hetero) is 2. The van der Waals surface area contributed by atoms with Gasteiger partial charge in [-0.2, -0.15) is 0 Å². The largest absolute Gasteiger partial charge is 0.390 e. The van der Waals surface area contributed by atoms with E-state index in [1.165, 1.54) is 154 Å². The number of hydrogen-bond acceptors (Lipinski definition) is 5. The van der Waals surface area contributed by atoms with Crippen LogP contribution in [0.1, 0.15) is 284 Å². The van der Waals surface area contributed by atoms with E-state index in [1.54, 1.807) is 0 Å². The third-order valence-corrected chi connectivity index (χ3v) is 12.4. The molecule has 0 saturated carbocycles. The summed E-state index contributed by atoms with van der Waals surface area (Å²) in [5, 5.41) is 34.0. The molecular formula is C53H100O5. The van der Waals surface area contributed by atoms with E-state index in [0.717, 1.165) is 70.6 Å². The summed E-state index contributed by atoms with van der Waals surface area (Å²) in [5.74, 6) is -1.22. The highest BCUT2D eigenvalue weighted by molar-refractivity contribution is 6.10. The molecule has 0 amide bonds. The molecule has 0 saturated heterocycles. The van der Waals surface area contributed by atoms with Crippen LogP contribution < -0.4 is 0 Å². The summed E-state index contributed by atoms with van der Waals surface area (Å²) in [5.41, 5.74) is -2.52. The molecule has 58 heavy (non-hydrogen) atoms. The maximum atomic E-state index is 13.6. The van der Waals surface area contributed by atoms with Crippen LogP contribution in [0.25, 0.3) is 0 Å². The van der Waals surface area contributed by atoms with Crippen LogP contribution in [0.2, 0.25) is 0 Å². The van der Waals surface area contributed by atoms with Crippen molar-refractivity contribution in [2.24, 2.45) is 0 Å². The third-order valence-electron chi connectivity index (χ3n) is 12.4. The summed E-state index contributed by atoms with van der Waals surface area (Å²) in [6.45, 7) is 6.75. The first-order valence-electron chi connectivity index (χ1n) is 25.8. The van der Waals surface area contributed by atoms with Crippen LogP contribution in [0.3, 0.4) is 0 Å². The van der Waals surface area contributed by atoms with Crippen LogP contribution in [0.15, 0.2) is 24.3 Å². The lowest BCUT2D eigenvalue weighted by atomic mass is 9.79. The molecule has 3 N–H and O–H groups in total. The van der Waals surface area contributed by atoms with Gasteiger partial charge in [-0.05, 0) is 51.4 Å². The van der Waals surface area contributed by atoms with Crippen molar-refractivity contribution in [3.63, 3.8) is 0 Å². The second-order valence-corrected chi connectivity index (χ2v) is 18.0. The highest BCUT2D eigenvalue weighted by atomic mass is 16.4. The molecule has 2 atom stereocenters. The molecule has 0 aliphatic heterocycles. The zero-order valence-electron chi connectivity index (χ0n) is 39.1. The molecule has 0 rings (SSSR count). The van der Waals surface area contributed by atoms with Crippen molar-refractivity contribution in [2.45, 2.75) is 302 Å². The fraction of sp³-hybridized carbons (Fsp3) is 0.887. The minimum atomic E-state index is -2.52. The molecule has 0 bridgehead atoms. The topological polar surface area (TPSA) is 94.8 Å². The van der Waals surface area contributed by atoms with Crippen LogP contribution in [0, 0.1) is 0 Å². The number of ketones is 2. The van der Waals surface area contributed by atoms with E-state index in [1.807, 2.05) is 0 Å². The fourth-order valence-electron chi connectivity index (χ4n) is 8.25. The summed E-state index contributed by atoms with van der Waals surface area (Å²) in [6.07, 6.45) is 50.7. The molecule has 5 heteroatoms. The first-order valence-corrected chi connectivity index (χ1v) is 25.8. The van der Waals surface area contributed by atoms with Crippen molar-refractivity contribution in [2.75, 3.05) is 0 Å². The van der Waals surface area contributed by atoms with E-state index < -0.39 is 29.4 Å². The van der Waals surface area contributed by atoms with E-state index in [4.69, 9.17) is 0 Å². The van der Waals surface area contributed by atoms with Gasteiger partial charge in [-0.25, -0.2) is 0 Å². The first-order chi connectivity index (χ1) is 28.4. The number of aliphatic hydroxyl groups is 3. The Balaban J connectivity index is 4.67. The second-order valence-electron chi connectivity index (χ2n) is 18.0. The van der Waals surface area contributed by atoms with Crippen molar-refractivity contribution >= 4 is 11.6 Å². The highest BCUT2D eigenvalue weighted by Crippen LogP contribution is 2.26. The van der Waals surface area contributed by atoms with Gasteiger partial charge in [0.25, 0.3) is 0 Å². The minimum Gasteiger partial charge on any atom is -0.390 e. The minimum absolute atomic E-state index is 0.0628. The number of unbranched alkanes of at least 4 members (excludes halogenated alkanes) is 33. The molecule has 0 fully saturated rings. The Morgan fingerprint density at radius 3 is 1.03 bits per heavy atom. The summed E-state index contributed by atoms with van der Waals surface area (Å²) in [6, 6.07) is 0. The summed E-state index contributed by atoms with van der Waals surface area (Å²) in [4.78, 5) is 27.1. The Morgan fingerprint density at radius 1 is 0.397 bits per heavy atom. The average Bonchev–Trinajstić information content (AvgIpc) is 3.23. The Hall–Kier alpha value is -1.30. The number of carbonyl (C=O) groups excluding carboxylic acids is 2. The van der Waals surface area contributed by atoms with Gasteiger partial charge in [-0.3, -0.25) is 9.59 Å². The van der Waals surface area contributed by atoms with Crippen molar-refractivity contribution < 1.29 is 24.9 Å². The average molecular weight is 817 g/mol. The lowest BCUT2D eigenvalue weighted by Gasteiger charge is -2.33. The molecule has 0 aliphatic carbocycles. The summed E-state index contributed by atoms with van der Waals surface area (Å²) in [7, 11) is 0. The molecule has 0 radical (unpaired) electrons. The van der Waals surface area contributed by atoms with Crippen LogP contribution >= 0.6 is 0 Å². The molecule has 5 nitrogen and oxygen atoms in total. The first kappa shape index (κ1) is 56.7. The van der Waals surface area contributed by atoms with Crippen LogP contribution in [-0.4, -0.2) is 44.7 Å². The number of aliphatic hydroxyl groups excluding tert-OH is 2. The predicted octanol–water partition coefficient (Wildman–Crippen LogP) is 15.7. The third kappa shape index (κ3) is 33.4. The zero-order chi connectivity index (χ0) is 42.6. The normalized spacial score (nSPS) is 13.3. The Morgan fingerprint density at radius 2 is 0.672 bits per heavy atom. The Labute approximate surface area is 361 Å². The van der Waals surface area contributed by atoms with Gasteiger partial charge in [0.1, 0.15) is 6.10 Å². The monoisotopic (exact) mass is 817 g/mol. The van der Waals surface area contributed by atoms with Crippen molar-refractivity contribution in [1.82, 2.24) is 0 Å². The molecule has 0 heterocycles. The molecule has 342 valence electrons. The number of allylic oxidation sites excluding steroid dienone is 4. The van der Waals surface area contributed by atoms with E-state index in [2.05, 4.69) is 45.1 Å². The number of hydrogen-bond donors (Lipinski definition) is 3. The Kier molecular flexibility index (Phi) is 42.8. The molecule has 0 aromatic carbocycles. The van der Waals surface area contributed by atoms with Gasteiger partial charge in [0.05, 0.1) is 6.10 Å².